The van der Waals surface area contributed by atoms with E-state index in [0.29, 0.717) is 0 Å². The summed E-state index contributed by atoms with van der Waals surface area (Å²) in [6, 6.07) is 15.0. The van der Waals surface area contributed by atoms with E-state index < -0.39 is 41.6 Å². The number of carbonyl (C=O) groups is 3. The molecule has 4 atom stereocenters. The van der Waals surface area contributed by atoms with Crippen molar-refractivity contribution in [2.75, 3.05) is 4.90 Å². The average molecular weight is 428 g/mol. The molecule has 3 aromatic rings. The van der Waals surface area contributed by atoms with E-state index in [2.05, 4.69) is 0 Å². The standard InChI is InChI=1S/C25H17FN2O4/c26-16-8-3-4-9-17(16)28-24(30)19-20(25(28)31)22(23(29)18-10-5-13-32-18)27-12-11-14-6-1-2-7-15(14)21(19)27/h1-13,19-22H/t19-,20-,21+,22+/m1/s1. The summed E-state index contributed by atoms with van der Waals surface area (Å²) in [4.78, 5) is 43.4. The van der Waals surface area contributed by atoms with Gasteiger partial charge in [0.2, 0.25) is 17.6 Å². The molecule has 2 aromatic carbocycles. The van der Waals surface area contributed by atoms with Gasteiger partial charge in [0, 0.05) is 6.20 Å². The molecule has 6 nitrogen and oxygen atoms in total. The molecule has 1 aromatic heterocycles. The van der Waals surface area contributed by atoms with Gasteiger partial charge in [-0.15, -0.1) is 0 Å². The second-order valence-electron chi connectivity index (χ2n) is 8.14. The fraction of sp³-hybridized carbons (Fsp3) is 0.160. The number of carbonyl (C=O) groups excluding carboxylic acids is 3. The number of amides is 2. The van der Waals surface area contributed by atoms with Crippen LogP contribution < -0.4 is 4.90 Å². The molecule has 4 heterocycles. The van der Waals surface area contributed by atoms with Gasteiger partial charge in [0.25, 0.3) is 0 Å². The number of fused-ring (bicyclic) bond motifs is 5. The SMILES string of the molecule is O=C(c1ccco1)[C@@H]1[C@@H]2C(=O)N(c3ccccc3F)C(=O)[C@H]2[C@@H]2c3ccccc3C=CN12. The summed E-state index contributed by atoms with van der Waals surface area (Å²) in [7, 11) is 0. The predicted octanol–water partition coefficient (Wildman–Crippen LogP) is 3.82. The van der Waals surface area contributed by atoms with Crippen molar-refractivity contribution >= 4 is 29.4 Å². The monoisotopic (exact) mass is 428 g/mol. The van der Waals surface area contributed by atoms with Gasteiger partial charge in [-0.3, -0.25) is 14.4 Å². The Morgan fingerprint density at radius 3 is 2.44 bits per heavy atom. The van der Waals surface area contributed by atoms with Crippen LogP contribution in [0.4, 0.5) is 10.1 Å². The summed E-state index contributed by atoms with van der Waals surface area (Å²) in [5, 5.41) is 0. The van der Waals surface area contributed by atoms with Crippen molar-refractivity contribution in [3.8, 4) is 0 Å². The van der Waals surface area contributed by atoms with Crippen molar-refractivity contribution in [2.45, 2.75) is 12.1 Å². The molecule has 3 aliphatic rings. The van der Waals surface area contributed by atoms with Gasteiger partial charge >= 0.3 is 0 Å². The van der Waals surface area contributed by atoms with E-state index in [-0.39, 0.29) is 17.2 Å². The van der Waals surface area contributed by atoms with Crippen molar-refractivity contribution in [1.29, 1.82) is 0 Å². The van der Waals surface area contributed by atoms with Gasteiger partial charge in [-0.05, 0) is 41.5 Å². The predicted molar refractivity (Wildman–Crippen MR) is 113 cm³/mol. The number of Topliss-reactive ketones (excluding diaryl/α,β-unsaturated/α-hetero) is 1. The van der Waals surface area contributed by atoms with Crippen molar-refractivity contribution in [3.63, 3.8) is 0 Å². The highest BCUT2D eigenvalue weighted by Gasteiger charge is 2.65. The molecule has 7 heteroatoms. The van der Waals surface area contributed by atoms with Gasteiger partial charge in [0.15, 0.2) is 5.76 Å². The van der Waals surface area contributed by atoms with Crippen LogP contribution in [0, 0.1) is 17.7 Å². The molecule has 0 radical (unpaired) electrons. The molecule has 0 unspecified atom stereocenters. The van der Waals surface area contributed by atoms with E-state index in [1.54, 1.807) is 29.3 Å². The van der Waals surface area contributed by atoms with E-state index in [1.807, 2.05) is 30.3 Å². The number of halogens is 1. The summed E-state index contributed by atoms with van der Waals surface area (Å²) in [5.74, 6) is -3.78. The van der Waals surface area contributed by atoms with Crippen LogP contribution in [0.1, 0.15) is 27.7 Å². The molecule has 2 fully saturated rings. The van der Waals surface area contributed by atoms with Crippen LogP contribution in [0.3, 0.4) is 0 Å². The lowest BCUT2D eigenvalue weighted by atomic mass is 9.84. The molecule has 158 valence electrons. The van der Waals surface area contributed by atoms with Crippen molar-refractivity contribution in [2.24, 2.45) is 11.8 Å². The molecule has 3 aliphatic heterocycles. The van der Waals surface area contributed by atoms with E-state index >= 15 is 0 Å². The van der Waals surface area contributed by atoms with Gasteiger partial charge < -0.3 is 9.32 Å². The van der Waals surface area contributed by atoms with Gasteiger partial charge in [0.1, 0.15) is 11.9 Å². The van der Waals surface area contributed by atoms with Crippen LogP contribution in [0.2, 0.25) is 0 Å². The molecule has 2 amide bonds. The summed E-state index contributed by atoms with van der Waals surface area (Å²) < 4.78 is 19.9. The lowest BCUT2D eigenvalue weighted by Crippen LogP contribution is -2.44. The summed E-state index contributed by atoms with van der Waals surface area (Å²) in [5.41, 5.74) is 1.69. The Hall–Kier alpha value is -4.00. The number of furan rings is 1. The van der Waals surface area contributed by atoms with Crippen LogP contribution in [0.15, 0.2) is 77.5 Å². The number of benzene rings is 2. The minimum Gasteiger partial charge on any atom is -0.461 e. The van der Waals surface area contributed by atoms with Crippen molar-refractivity contribution in [3.05, 3.63) is 95.8 Å². The molecule has 32 heavy (non-hydrogen) atoms. The highest BCUT2D eigenvalue weighted by Crippen LogP contribution is 2.53. The smallest absolute Gasteiger partial charge is 0.240 e. The van der Waals surface area contributed by atoms with E-state index in [1.165, 1.54) is 24.5 Å². The maximum atomic E-state index is 14.6. The summed E-state index contributed by atoms with van der Waals surface area (Å²) >= 11 is 0. The number of anilines is 1. The molecule has 0 saturated carbocycles. The number of hydrogen-bond acceptors (Lipinski definition) is 5. The zero-order valence-electron chi connectivity index (χ0n) is 16.7. The Labute approximate surface area is 182 Å². The van der Waals surface area contributed by atoms with Crippen LogP contribution >= 0.6 is 0 Å². The maximum Gasteiger partial charge on any atom is 0.240 e. The van der Waals surface area contributed by atoms with Gasteiger partial charge in [-0.25, -0.2) is 9.29 Å². The lowest BCUT2D eigenvalue weighted by molar-refractivity contribution is -0.123. The molecule has 6 rings (SSSR count). The molecule has 0 aliphatic carbocycles. The Bertz CT molecular complexity index is 1300. The third-order valence-corrected chi connectivity index (χ3v) is 6.59. The first-order valence-electron chi connectivity index (χ1n) is 10.3. The third kappa shape index (κ3) is 2.42. The molecule has 0 spiro atoms. The Morgan fingerprint density at radius 2 is 1.66 bits per heavy atom. The minimum absolute atomic E-state index is 0.0905. The Morgan fingerprint density at radius 1 is 0.906 bits per heavy atom. The van der Waals surface area contributed by atoms with Gasteiger partial charge in [0.05, 0.1) is 29.8 Å². The number of imide groups is 1. The Balaban J connectivity index is 1.52. The second kappa shape index (κ2) is 6.75. The minimum atomic E-state index is -0.958. The Kier molecular flexibility index (Phi) is 3.95. The number of rotatable bonds is 3. The first kappa shape index (κ1) is 18.7. The van der Waals surface area contributed by atoms with E-state index in [4.69, 9.17) is 4.42 Å². The van der Waals surface area contributed by atoms with Crippen molar-refractivity contribution in [1.82, 2.24) is 4.90 Å². The lowest BCUT2D eigenvalue weighted by Gasteiger charge is -2.35. The molecular weight excluding hydrogens is 411 g/mol. The number of hydrogen-bond donors (Lipinski definition) is 0. The zero-order valence-corrected chi connectivity index (χ0v) is 16.7. The van der Waals surface area contributed by atoms with E-state index in [9.17, 15) is 18.8 Å². The number of para-hydroxylation sites is 1. The van der Waals surface area contributed by atoms with Crippen LogP contribution in [0.25, 0.3) is 6.08 Å². The van der Waals surface area contributed by atoms with Crippen LogP contribution in [-0.2, 0) is 9.59 Å². The molecule has 0 bridgehead atoms. The summed E-state index contributed by atoms with van der Waals surface area (Å²) in [6.45, 7) is 0. The first-order chi connectivity index (χ1) is 15.6. The third-order valence-electron chi connectivity index (χ3n) is 6.59. The van der Waals surface area contributed by atoms with Gasteiger partial charge in [-0.1, -0.05) is 36.4 Å². The average Bonchev–Trinajstić information content (AvgIpc) is 3.51. The van der Waals surface area contributed by atoms with Crippen LogP contribution in [0.5, 0.6) is 0 Å². The quantitative estimate of drug-likeness (QED) is 0.469. The topological polar surface area (TPSA) is 70.8 Å². The fourth-order valence-electron chi connectivity index (χ4n) is 5.29. The number of ketones is 1. The van der Waals surface area contributed by atoms with Gasteiger partial charge in [-0.2, -0.15) is 0 Å². The molecule has 2 saturated heterocycles. The maximum absolute atomic E-state index is 14.6. The molecular formula is C25H17FN2O4. The summed E-state index contributed by atoms with van der Waals surface area (Å²) in [6.07, 6.45) is 5.04. The van der Waals surface area contributed by atoms with Crippen molar-refractivity contribution < 1.29 is 23.2 Å². The first-order valence-corrected chi connectivity index (χ1v) is 10.3. The second-order valence-corrected chi connectivity index (χ2v) is 8.14. The highest BCUT2D eigenvalue weighted by molar-refractivity contribution is 6.24. The zero-order chi connectivity index (χ0) is 22.0. The van der Waals surface area contributed by atoms with Crippen LogP contribution in [-0.4, -0.2) is 28.5 Å². The normalized spacial score (nSPS) is 25.7. The molecule has 0 N–H and O–H groups in total. The van der Waals surface area contributed by atoms with E-state index in [0.717, 1.165) is 16.0 Å². The largest absolute Gasteiger partial charge is 0.461 e. The fourth-order valence-corrected chi connectivity index (χ4v) is 5.29. The highest BCUT2D eigenvalue weighted by atomic mass is 19.1. The number of nitrogens with zero attached hydrogens (tertiary/aromatic N) is 2.